The average Bonchev–Trinajstić information content (AvgIpc) is 2.25. The summed E-state index contributed by atoms with van der Waals surface area (Å²) in [5.74, 6) is -13.4. The largest absolute Gasteiger partial charge is 0.391 e. The van der Waals surface area contributed by atoms with Crippen molar-refractivity contribution in [1.82, 2.24) is 47.5 Å². The molecule has 1 aliphatic heterocycles. The number of Topliss-reactive ketones (excluding diaryl/α,β-unsaturated/α-hetero) is 3. The van der Waals surface area contributed by atoms with Crippen LogP contribution in [0, 0.1) is 29.6 Å². The van der Waals surface area contributed by atoms with E-state index in [1.54, 1.807) is 67.6 Å². The zero-order valence-corrected chi connectivity index (χ0v) is 52.5. The number of hydrogen-bond donors (Lipinski definition) is 15. The van der Waals surface area contributed by atoms with Gasteiger partial charge in [-0.2, -0.15) is 0 Å². The van der Waals surface area contributed by atoms with E-state index in [1.807, 2.05) is 13.8 Å². The lowest BCUT2D eigenvalue weighted by molar-refractivity contribution is -0.137. The summed E-state index contributed by atoms with van der Waals surface area (Å²) in [7, 11) is 0. The van der Waals surface area contributed by atoms with Gasteiger partial charge in [0.2, 0.25) is 47.3 Å². The van der Waals surface area contributed by atoms with Crippen LogP contribution in [0.25, 0.3) is 11.3 Å². The van der Waals surface area contributed by atoms with Crippen molar-refractivity contribution in [2.24, 2.45) is 58.3 Å². The first kappa shape index (κ1) is 74.8. The fraction of sp³-hybridized carbons (Fsp3) is 0.548. The van der Waals surface area contributed by atoms with Crippen molar-refractivity contribution in [1.29, 1.82) is 0 Å². The molecule has 0 bridgehead atoms. The van der Waals surface area contributed by atoms with Gasteiger partial charge in [0.15, 0.2) is 17.3 Å². The Morgan fingerprint density at radius 1 is 0.656 bits per heavy atom. The van der Waals surface area contributed by atoms with Crippen molar-refractivity contribution < 1.29 is 63.0 Å². The molecule has 0 aliphatic carbocycles. The molecule has 13 atom stereocenters. The number of nitrogens with two attached hydrogens (primary N) is 5. The van der Waals surface area contributed by atoms with E-state index < -0.39 is 175 Å². The zero-order valence-electron chi connectivity index (χ0n) is 51.7. The number of benzene rings is 2. The quantitative estimate of drug-likeness (QED) is 0.0399. The van der Waals surface area contributed by atoms with E-state index in [-0.39, 0.29) is 76.2 Å². The molecule has 1 fully saturated rings. The highest BCUT2D eigenvalue weighted by Gasteiger charge is 2.39. The molecular formula is C62H91ClN14O13. The Labute approximate surface area is 529 Å². The molecule has 1 aromatic heterocycles. The summed E-state index contributed by atoms with van der Waals surface area (Å²) in [6, 6.07) is 8.00. The Morgan fingerprint density at radius 2 is 1.24 bits per heavy atom. The minimum absolute atomic E-state index is 0.000273. The lowest BCUT2D eigenvalue weighted by Gasteiger charge is -2.30. The third-order valence-corrected chi connectivity index (χ3v) is 16.1. The number of nitrogens with zero attached hydrogens (tertiary/aromatic N) is 1. The van der Waals surface area contributed by atoms with Crippen molar-refractivity contribution in [2.75, 3.05) is 39.3 Å². The van der Waals surface area contributed by atoms with Crippen LogP contribution in [0.15, 0.2) is 72.9 Å². The van der Waals surface area contributed by atoms with Crippen LogP contribution in [0.4, 0.5) is 0 Å². The Kier molecular flexibility index (Phi) is 31.2. The summed E-state index contributed by atoms with van der Waals surface area (Å²) in [6.07, 6.45) is -4.21. The first-order valence-corrected chi connectivity index (χ1v) is 30.8. The van der Waals surface area contributed by atoms with Gasteiger partial charge in [-0.05, 0) is 120 Å². The smallest absolute Gasteiger partial charge is 0.245 e. The van der Waals surface area contributed by atoms with Crippen LogP contribution in [0.2, 0.25) is 5.02 Å². The molecule has 0 radical (unpaired) electrons. The van der Waals surface area contributed by atoms with Crippen molar-refractivity contribution in [3.8, 4) is 11.3 Å². The van der Waals surface area contributed by atoms with Gasteiger partial charge in [-0.1, -0.05) is 74.8 Å². The molecule has 494 valence electrons. The minimum atomic E-state index is -1.69. The fourth-order valence-electron chi connectivity index (χ4n) is 10.2. The molecule has 1 saturated heterocycles. The summed E-state index contributed by atoms with van der Waals surface area (Å²) in [5.41, 5.74) is 31.7. The highest BCUT2D eigenvalue weighted by Crippen LogP contribution is 2.27. The molecule has 20 N–H and O–H groups in total. The number of ketones is 3. The first-order valence-electron chi connectivity index (χ1n) is 30.4. The monoisotopic (exact) mass is 1270 g/mol. The number of carbonyl (C=O) groups is 11. The van der Waals surface area contributed by atoms with Gasteiger partial charge in [0.1, 0.15) is 36.3 Å². The van der Waals surface area contributed by atoms with Gasteiger partial charge in [-0.15, -0.1) is 0 Å². The van der Waals surface area contributed by atoms with E-state index in [0.29, 0.717) is 21.8 Å². The summed E-state index contributed by atoms with van der Waals surface area (Å²) in [6.45, 7) is 6.41. The van der Waals surface area contributed by atoms with E-state index in [2.05, 4.69) is 47.5 Å². The number of aliphatic hydroxyl groups is 2. The number of hydrogen-bond acceptors (Lipinski definition) is 19. The van der Waals surface area contributed by atoms with E-state index in [0.717, 1.165) is 0 Å². The summed E-state index contributed by atoms with van der Waals surface area (Å²) in [5, 5.41) is 42.8. The van der Waals surface area contributed by atoms with E-state index >= 15 is 0 Å². The van der Waals surface area contributed by atoms with Crippen LogP contribution in [-0.2, 0) is 54.4 Å². The third kappa shape index (κ3) is 23.0. The van der Waals surface area contributed by atoms with Gasteiger partial charge in [-0.3, -0.25) is 57.7 Å². The highest BCUT2D eigenvalue weighted by atomic mass is 35.5. The number of amides is 8. The van der Waals surface area contributed by atoms with Crippen LogP contribution >= 0.6 is 11.6 Å². The van der Waals surface area contributed by atoms with Gasteiger partial charge in [0, 0.05) is 66.5 Å². The molecule has 0 saturated carbocycles. The highest BCUT2D eigenvalue weighted by molar-refractivity contribution is 6.30. The average molecular weight is 1280 g/mol. The van der Waals surface area contributed by atoms with Crippen molar-refractivity contribution in [2.45, 2.75) is 147 Å². The molecule has 2 aromatic carbocycles. The predicted octanol–water partition coefficient (Wildman–Crippen LogP) is -1.69. The first-order chi connectivity index (χ1) is 42.8. The maximum atomic E-state index is 14.7. The molecule has 1 aliphatic rings. The summed E-state index contributed by atoms with van der Waals surface area (Å²) >= 11 is 6.18. The second kappa shape index (κ2) is 37.5. The zero-order chi connectivity index (χ0) is 66.8. The lowest BCUT2D eigenvalue weighted by atomic mass is 9.80. The van der Waals surface area contributed by atoms with Crippen LogP contribution in [0.1, 0.15) is 102 Å². The Hall–Kier alpha value is -7.63. The topological polar surface area (TPSA) is 467 Å². The van der Waals surface area contributed by atoms with Gasteiger partial charge in [0.25, 0.3) is 0 Å². The Balaban J connectivity index is 1.69. The van der Waals surface area contributed by atoms with Crippen LogP contribution in [-0.4, -0.2) is 174 Å². The van der Waals surface area contributed by atoms with E-state index in [9.17, 15) is 63.0 Å². The molecule has 8 amide bonds. The number of pyridine rings is 1. The SMILES string of the molecule is CC(C)[C@H](C)[C@@H]1CC(=O)[C@@H](Cc2ccccc2)NC(=O)[C@H](CCN)NC(=O)[C@@H](NC(=O)[C@@H](CN)CC(=O)[C@@H](NC(=O)[C@H](CCN)CC(=O)c2ccnc(-c3cccc(Cl)c3)c2)[C@@H](C)O)CCNC(=O)[C@H]([C@@H](C)O)NC(=O)[C@H](CCN)NC(=O)[C@H](CCN)NC1=O. The van der Waals surface area contributed by atoms with E-state index in [1.165, 1.54) is 26.1 Å². The fourth-order valence-corrected chi connectivity index (χ4v) is 10.4. The van der Waals surface area contributed by atoms with Gasteiger partial charge in [-0.25, -0.2) is 0 Å². The molecule has 0 spiro atoms. The minimum Gasteiger partial charge on any atom is -0.391 e. The van der Waals surface area contributed by atoms with Crippen molar-refractivity contribution >= 4 is 76.2 Å². The maximum Gasteiger partial charge on any atom is 0.245 e. The maximum absolute atomic E-state index is 14.7. The Morgan fingerprint density at radius 3 is 1.80 bits per heavy atom. The molecule has 28 heteroatoms. The van der Waals surface area contributed by atoms with Crippen LogP contribution in [0.3, 0.4) is 0 Å². The van der Waals surface area contributed by atoms with Crippen LogP contribution in [0.5, 0.6) is 0 Å². The molecule has 90 heavy (non-hydrogen) atoms. The number of aliphatic hydroxyl groups excluding tert-OH is 2. The molecule has 27 nitrogen and oxygen atoms in total. The number of halogens is 1. The molecule has 4 rings (SSSR count). The van der Waals surface area contributed by atoms with Gasteiger partial charge < -0.3 is 81.4 Å². The van der Waals surface area contributed by atoms with Crippen molar-refractivity contribution in [3.05, 3.63) is 89.1 Å². The normalized spacial score (nSPS) is 22.4. The number of nitrogens with one attached hydrogen (secondary N) is 8. The lowest BCUT2D eigenvalue weighted by Crippen LogP contribution is -2.60. The number of aromatic nitrogens is 1. The van der Waals surface area contributed by atoms with Crippen molar-refractivity contribution in [3.63, 3.8) is 0 Å². The third-order valence-electron chi connectivity index (χ3n) is 15.9. The number of rotatable bonds is 26. The molecule has 3 aromatic rings. The summed E-state index contributed by atoms with van der Waals surface area (Å²) < 4.78 is 0. The molecule has 0 unspecified atom stereocenters. The van der Waals surface area contributed by atoms with E-state index in [4.69, 9.17) is 40.3 Å². The number of carbonyl (C=O) groups excluding carboxylic acids is 11. The van der Waals surface area contributed by atoms with Crippen LogP contribution < -0.4 is 71.2 Å². The van der Waals surface area contributed by atoms with Gasteiger partial charge >= 0.3 is 0 Å². The molecule has 2 heterocycles. The Bertz CT molecular complexity index is 2940. The second-order valence-corrected chi connectivity index (χ2v) is 23.5. The second-order valence-electron chi connectivity index (χ2n) is 23.1. The predicted molar refractivity (Wildman–Crippen MR) is 336 cm³/mol. The standard InChI is InChI=1S/C62H91ClN14O13/c1-33(2)34(3)43-31-51(81)49(26-37-10-7-6-8-11-37)75-59(87)45(16-22-66)73-60(88)47(19-25-70-62(90)54(36(5)79)77-61(89)46(17-23-67)74-58(86)44(15-21-65)72-57(43)85)71-56(84)41(32-68)30-52(82)53(35(4)78)76-55(83)40(14-20-64)29-50(80)39-18-24-69-48(28-39)38-12-9-13-42(63)27-38/h6-13,18,24,27-28,33-36,40-41,43-47,49,53-54,78-79H,14-17,19-23,25-26,29-32,64-68H2,1-5H3,(H,70,90)(H,71,84)(H,72,85)(H,73,88)(H,74,86)(H,75,87)(H,76,83)(H,77,89)/t34-,35+,36+,40+,41+,43-,44-,45-,46-,47-,49+,53-,54-/m0/s1. The molecular weight excluding hydrogens is 1180 g/mol. The summed E-state index contributed by atoms with van der Waals surface area (Å²) in [4.78, 5) is 160. The van der Waals surface area contributed by atoms with Gasteiger partial charge in [0.05, 0.1) is 29.9 Å².